The van der Waals surface area contributed by atoms with Gasteiger partial charge >= 0.3 is 19.4 Å². The number of hydrogen-bond donors (Lipinski definition) is 2. The Hall–Kier alpha value is -2.70. The van der Waals surface area contributed by atoms with Crippen molar-refractivity contribution in [2.75, 3.05) is 6.61 Å². The number of aliphatic hydroxyl groups is 1. The maximum Gasteiger partial charge on any atom is 0.459 e. The van der Waals surface area contributed by atoms with Crippen molar-refractivity contribution >= 4 is 13.7 Å². The molecule has 0 amide bonds. The number of alkyl halides is 2. The minimum atomic E-state index is -4.55. The normalized spacial score (nSPS) is 28.0. The third-order valence-corrected chi connectivity index (χ3v) is 7.04. The highest BCUT2D eigenvalue weighted by Gasteiger charge is 2.65. The second-order valence-corrected chi connectivity index (χ2v) is 10.8. The maximum atomic E-state index is 15.8. The molecule has 0 unspecified atom stereocenters. The second-order valence-electron chi connectivity index (χ2n) is 9.08. The number of hydrogen-bond acceptors (Lipinski definition) is 9. The van der Waals surface area contributed by atoms with Crippen LogP contribution in [0, 0.1) is 6.92 Å². The van der Waals surface area contributed by atoms with Crippen LogP contribution in [-0.2, 0) is 23.4 Å². The van der Waals surface area contributed by atoms with E-state index < -0.39 is 62.0 Å². The van der Waals surface area contributed by atoms with Gasteiger partial charge in [-0.05, 0) is 52.8 Å². The van der Waals surface area contributed by atoms with Crippen molar-refractivity contribution in [3.63, 3.8) is 0 Å². The quantitative estimate of drug-likeness (QED) is 0.339. The van der Waals surface area contributed by atoms with Gasteiger partial charge in [0.2, 0.25) is 0 Å². The van der Waals surface area contributed by atoms with E-state index in [0.717, 1.165) is 13.1 Å². The minimum absolute atomic E-state index is 0.0500. The molecule has 0 bridgehead atoms. The molecule has 37 heavy (non-hydrogen) atoms. The number of nitrogens with zero attached hydrogens (tertiary/aromatic N) is 2. The molecule has 204 valence electrons. The van der Waals surface area contributed by atoms with Gasteiger partial charge in [-0.2, -0.15) is 10.1 Å². The number of ether oxygens (including phenoxy) is 2. The van der Waals surface area contributed by atoms with Crippen molar-refractivity contribution in [1.29, 1.82) is 0 Å². The number of rotatable bonds is 10. The van der Waals surface area contributed by atoms with Gasteiger partial charge < -0.3 is 19.1 Å². The summed E-state index contributed by atoms with van der Waals surface area (Å²) in [4.78, 5) is 28.2. The lowest BCUT2D eigenvalue weighted by molar-refractivity contribution is -0.204. The summed E-state index contributed by atoms with van der Waals surface area (Å²) < 4.78 is 66.4. The Morgan fingerprint density at radius 2 is 1.92 bits per heavy atom. The van der Waals surface area contributed by atoms with E-state index in [9.17, 15) is 19.3 Å². The third-order valence-electron chi connectivity index (χ3n) is 5.41. The number of nitrogens with one attached hydrogen (secondary N) is 1. The molecular weight excluding hydrogens is 515 g/mol. The predicted octanol–water partition coefficient (Wildman–Crippen LogP) is 2.97. The van der Waals surface area contributed by atoms with Crippen molar-refractivity contribution in [2.24, 2.45) is 0 Å². The van der Waals surface area contributed by atoms with Gasteiger partial charge in [0, 0.05) is 11.9 Å². The van der Waals surface area contributed by atoms with E-state index >= 15 is 8.78 Å². The Labute approximate surface area is 212 Å². The number of para-hydroxylation sites is 1. The van der Waals surface area contributed by atoms with Crippen LogP contribution in [0.1, 0.15) is 39.6 Å². The van der Waals surface area contributed by atoms with Crippen molar-refractivity contribution in [1.82, 2.24) is 14.6 Å². The summed E-state index contributed by atoms with van der Waals surface area (Å²) in [7, 11) is -4.55. The molecule has 0 spiro atoms. The monoisotopic (exact) mass is 545 g/mol. The number of carbonyl (C=O) groups excluding carboxylic acids is 1. The van der Waals surface area contributed by atoms with Crippen LogP contribution in [0.5, 0.6) is 5.75 Å². The van der Waals surface area contributed by atoms with Crippen LogP contribution in [0.2, 0.25) is 0 Å². The van der Waals surface area contributed by atoms with Crippen LogP contribution in [0.25, 0.3) is 0 Å². The molecule has 14 heteroatoms. The standard InChI is InChI=1S/C23H30F2N3O8P/c1-14(2)34-18(29)16(4)27-37(32,36-17-9-7-6-8-10-17)33-13-23(25)19(30)22(5,24)20(35-23)28-12-11-15(3)26-21(28)31/h6-12,14,16,19-20,30H,13H2,1-5H3,(H,27,32)/t16-,19-,20+,22+,23+,37-/m0/s1. The van der Waals surface area contributed by atoms with Crippen LogP contribution in [-0.4, -0.2) is 57.0 Å². The summed E-state index contributed by atoms with van der Waals surface area (Å²) in [5, 5.41) is 12.8. The molecule has 11 nitrogen and oxygen atoms in total. The van der Waals surface area contributed by atoms with Gasteiger partial charge in [-0.1, -0.05) is 18.2 Å². The van der Waals surface area contributed by atoms with Gasteiger partial charge in [-0.3, -0.25) is 13.9 Å². The smallest absolute Gasteiger partial charge is 0.459 e. The summed E-state index contributed by atoms with van der Waals surface area (Å²) in [6.07, 6.45) is -3.70. The van der Waals surface area contributed by atoms with Gasteiger partial charge in [0.15, 0.2) is 18.0 Å². The molecule has 0 radical (unpaired) electrons. The molecule has 1 saturated heterocycles. The van der Waals surface area contributed by atoms with Gasteiger partial charge in [-0.15, -0.1) is 0 Å². The summed E-state index contributed by atoms with van der Waals surface area (Å²) in [6, 6.07) is 7.84. The van der Waals surface area contributed by atoms with Crippen molar-refractivity contribution in [2.45, 2.75) is 70.6 Å². The molecule has 2 N–H and O–H groups in total. The highest BCUT2D eigenvalue weighted by molar-refractivity contribution is 7.52. The maximum absolute atomic E-state index is 15.8. The van der Waals surface area contributed by atoms with Crippen LogP contribution in [0.3, 0.4) is 0 Å². The Kier molecular flexibility index (Phi) is 8.55. The SMILES string of the molecule is Cc1ccn([C@@H]2O[C@](F)(CO[P@@](=O)(N[C@@H](C)C(=O)OC(C)C)Oc3ccccc3)[C@@H](O)[C@@]2(C)F)c(=O)n1. The lowest BCUT2D eigenvalue weighted by Gasteiger charge is -2.28. The van der Waals surface area contributed by atoms with Crippen LogP contribution in [0.15, 0.2) is 47.4 Å². The topological polar surface area (TPSA) is 138 Å². The fourth-order valence-electron chi connectivity index (χ4n) is 3.55. The van der Waals surface area contributed by atoms with Crippen LogP contribution < -0.4 is 15.3 Å². The number of esters is 1. The van der Waals surface area contributed by atoms with E-state index in [0.29, 0.717) is 10.3 Å². The Morgan fingerprint density at radius 1 is 1.27 bits per heavy atom. The Morgan fingerprint density at radius 3 is 2.51 bits per heavy atom. The number of aliphatic hydroxyl groups excluding tert-OH is 1. The van der Waals surface area contributed by atoms with E-state index in [2.05, 4.69) is 10.1 Å². The highest BCUT2D eigenvalue weighted by Crippen LogP contribution is 2.51. The van der Waals surface area contributed by atoms with Gasteiger partial charge in [0.25, 0.3) is 5.85 Å². The lowest BCUT2D eigenvalue weighted by Crippen LogP contribution is -2.47. The number of carbonyl (C=O) groups is 1. The van der Waals surface area contributed by atoms with Gasteiger partial charge in [0.1, 0.15) is 18.4 Å². The van der Waals surface area contributed by atoms with Crippen LogP contribution >= 0.6 is 7.75 Å². The van der Waals surface area contributed by atoms with Crippen LogP contribution in [0.4, 0.5) is 8.78 Å². The predicted molar refractivity (Wildman–Crippen MR) is 127 cm³/mol. The van der Waals surface area contributed by atoms with E-state index in [4.69, 9.17) is 18.5 Å². The first-order valence-electron chi connectivity index (χ1n) is 11.4. The second kappa shape index (κ2) is 11.0. The van der Waals surface area contributed by atoms with Gasteiger partial charge in [-0.25, -0.2) is 18.1 Å². The first-order valence-corrected chi connectivity index (χ1v) is 13.0. The van der Waals surface area contributed by atoms with E-state index in [1.54, 1.807) is 32.0 Å². The fraction of sp³-hybridized carbons (Fsp3) is 0.522. The molecule has 1 aromatic heterocycles. The minimum Gasteiger partial charge on any atom is -0.462 e. The molecule has 1 aromatic carbocycles. The summed E-state index contributed by atoms with van der Waals surface area (Å²) in [5.74, 6) is -4.00. The molecule has 6 atom stereocenters. The first kappa shape index (κ1) is 28.9. The number of benzene rings is 1. The van der Waals surface area contributed by atoms with E-state index in [1.807, 2.05) is 0 Å². The number of aryl methyl sites for hydroxylation is 1. The fourth-order valence-corrected chi connectivity index (χ4v) is 5.05. The Bertz CT molecular complexity index is 1210. The number of aromatic nitrogens is 2. The molecule has 2 heterocycles. The number of halogens is 2. The molecule has 3 rings (SSSR count). The molecule has 0 aliphatic carbocycles. The highest BCUT2D eigenvalue weighted by atomic mass is 31.2. The molecule has 0 saturated carbocycles. The van der Waals surface area contributed by atoms with E-state index in [-0.39, 0.29) is 5.75 Å². The van der Waals surface area contributed by atoms with E-state index in [1.165, 1.54) is 32.0 Å². The van der Waals surface area contributed by atoms with Gasteiger partial charge in [0.05, 0.1) is 6.10 Å². The zero-order chi connectivity index (χ0) is 27.6. The van der Waals surface area contributed by atoms with Crippen molar-refractivity contribution in [3.05, 3.63) is 58.8 Å². The summed E-state index contributed by atoms with van der Waals surface area (Å²) >= 11 is 0. The molecule has 2 aromatic rings. The molecule has 1 fully saturated rings. The third kappa shape index (κ3) is 6.60. The lowest BCUT2D eigenvalue weighted by atomic mass is 9.97. The molecular formula is C23H30F2N3O8P. The summed E-state index contributed by atoms with van der Waals surface area (Å²) in [5.41, 5.74) is -3.40. The van der Waals surface area contributed by atoms with Crippen molar-refractivity contribution in [3.8, 4) is 5.75 Å². The average Bonchev–Trinajstić information content (AvgIpc) is 2.98. The zero-order valence-electron chi connectivity index (χ0n) is 21.0. The average molecular weight is 545 g/mol. The largest absolute Gasteiger partial charge is 0.462 e. The molecule has 1 aliphatic heterocycles. The molecule has 1 aliphatic rings. The van der Waals surface area contributed by atoms with Crippen molar-refractivity contribution < 1.29 is 41.8 Å². The first-order chi connectivity index (χ1) is 17.2. The Balaban J connectivity index is 1.85. The summed E-state index contributed by atoms with van der Waals surface area (Å²) in [6.45, 7) is 5.65. The zero-order valence-corrected chi connectivity index (χ0v) is 21.9.